The molecular weight excluding hydrogens is 404 g/mol. The first kappa shape index (κ1) is 20.1. The smallest absolute Gasteiger partial charge is 0.326 e. The summed E-state index contributed by atoms with van der Waals surface area (Å²) in [5, 5.41) is 3.07. The number of benzene rings is 1. The molecule has 5 aliphatic rings. The van der Waals surface area contributed by atoms with E-state index in [0.717, 1.165) is 12.1 Å². The van der Waals surface area contributed by atoms with E-state index in [1.165, 1.54) is 32.1 Å². The van der Waals surface area contributed by atoms with Gasteiger partial charge in [0.15, 0.2) is 17.3 Å². The fourth-order valence-electron chi connectivity index (χ4n) is 7.65. The zero-order valence-corrected chi connectivity index (χ0v) is 19.0. The molecule has 0 bridgehead atoms. The normalized spacial score (nSPS) is 37.3. The van der Waals surface area contributed by atoms with Crippen LogP contribution in [0.5, 0.6) is 11.5 Å². The number of fused-ring (bicyclic) bond motifs is 6. The number of carbonyl (C=O) groups excluding carboxylic acids is 2. The summed E-state index contributed by atoms with van der Waals surface area (Å²) in [4.78, 5) is 27.9. The third-order valence-electron chi connectivity index (χ3n) is 9.36. The second-order valence-corrected chi connectivity index (χ2v) is 11.0. The molecule has 6 rings (SSSR count). The molecular formula is C26H32N2O4. The number of carbonyl (C=O) groups is 2. The molecule has 6 heteroatoms. The van der Waals surface area contributed by atoms with Crippen LogP contribution in [0.15, 0.2) is 30.0 Å². The monoisotopic (exact) mass is 436 g/mol. The van der Waals surface area contributed by atoms with Crippen molar-refractivity contribution in [1.29, 1.82) is 0 Å². The van der Waals surface area contributed by atoms with E-state index in [4.69, 9.17) is 9.47 Å². The van der Waals surface area contributed by atoms with Gasteiger partial charge in [-0.3, -0.25) is 9.69 Å². The van der Waals surface area contributed by atoms with Gasteiger partial charge in [0, 0.05) is 41.9 Å². The lowest BCUT2D eigenvalue weighted by Crippen LogP contribution is -2.59. The summed E-state index contributed by atoms with van der Waals surface area (Å²) in [7, 11) is 0. The van der Waals surface area contributed by atoms with Crippen LogP contribution in [-0.4, -0.2) is 30.1 Å². The zero-order valence-electron chi connectivity index (χ0n) is 19.0. The Bertz CT molecular complexity index is 1020. The van der Waals surface area contributed by atoms with Gasteiger partial charge in [-0.15, -0.1) is 0 Å². The summed E-state index contributed by atoms with van der Waals surface area (Å²) >= 11 is 0. The minimum absolute atomic E-state index is 0.118. The number of hydrogen-bond acceptors (Lipinski definition) is 4. The highest BCUT2D eigenvalue weighted by molar-refractivity contribution is 5.95. The molecule has 170 valence electrons. The van der Waals surface area contributed by atoms with Gasteiger partial charge in [0.25, 0.3) is 0 Å². The Morgan fingerprint density at radius 2 is 1.94 bits per heavy atom. The van der Waals surface area contributed by atoms with Gasteiger partial charge in [-0.1, -0.05) is 20.3 Å². The lowest BCUT2D eigenvalue weighted by Gasteiger charge is -2.59. The summed E-state index contributed by atoms with van der Waals surface area (Å²) in [6, 6.07) is 5.32. The molecule has 3 aliphatic carbocycles. The van der Waals surface area contributed by atoms with Crippen molar-refractivity contribution in [3.63, 3.8) is 0 Å². The summed E-state index contributed by atoms with van der Waals surface area (Å²) in [6.45, 7) is 5.68. The highest BCUT2D eigenvalue weighted by Crippen LogP contribution is 2.64. The van der Waals surface area contributed by atoms with Crippen LogP contribution in [0.1, 0.15) is 58.8 Å². The summed E-state index contributed by atoms with van der Waals surface area (Å²) in [5.74, 6) is 3.19. The zero-order chi connectivity index (χ0) is 22.1. The highest BCUT2D eigenvalue weighted by atomic mass is 16.7. The molecule has 0 radical (unpaired) electrons. The standard InChI is InChI=1S/C26H32N2O4/c1-25-9-3-4-19(25)18-14-28(23-13-17(29)7-11-26(23,2)20(18)8-10-25)24(30)27-16-5-6-21-22(12-16)32-15-31-21/h5-6,12-13,18-20H,3-4,7-11,14-15H2,1-2H3,(H,27,30)/t18-,19-,20-,25-,26+/m0/s1. The fourth-order valence-corrected chi connectivity index (χ4v) is 7.65. The number of likely N-dealkylation sites (tertiary alicyclic amines) is 1. The topological polar surface area (TPSA) is 67.9 Å². The van der Waals surface area contributed by atoms with E-state index in [9.17, 15) is 9.59 Å². The number of rotatable bonds is 1. The summed E-state index contributed by atoms with van der Waals surface area (Å²) < 4.78 is 10.9. The number of allylic oxidation sites excluding steroid dienone is 2. The van der Waals surface area contributed by atoms with E-state index in [1.807, 2.05) is 17.0 Å². The number of nitrogens with zero attached hydrogens (tertiary/aromatic N) is 1. The number of ketones is 1. The van der Waals surface area contributed by atoms with Crippen LogP contribution < -0.4 is 14.8 Å². The molecule has 32 heavy (non-hydrogen) atoms. The molecule has 1 aromatic carbocycles. The minimum atomic E-state index is -0.153. The molecule has 1 aromatic rings. The van der Waals surface area contributed by atoms with Crippen molar-refractivity contribution in [2.24, 2.45) is 28.6 Å². The average molecular weight is 437 g/mol. The van der Waals surface area contributed by atoms with Crippen molar-refractivity contribution in [3.8, 4) is 11.5 Å². The van der Waals surface area contributed by atoms with Crippen molar-refractivity contribution in [2.75, 3.05) is 18.7 Å². The number of amides is 2. The molecule has 2 amide bonds. The molecule has 3 fully saturated rings. The summed E-state index contributed by atoms with van der Waals surface area (Å²) in [5.41, 5.74) is 1.89. The first-order valence-corrected chi connectivity index (χ1v) is 12.1. The third-order valence-corrected chi connectivity index (χ3v) is 9.36. The molecule has 2 aliphatic heterocycles. The number of piperidine rings is 1. The van der Waals surface area contributed by atoms with Gasteiger partial charge in [0.1, 0.15) is 0 Å². The number of urea groups is 1. The molecule has 2 heterocycles. The average Bonchev–Trinajstić information content (AvgIpc) is 3.39. The Morgan fingerprint density at radius 3 is 2.81 bits per heavy atom. The van der Waals surface area contributed by atoms with Gasteiger partial charge in [0.05, 0.1) is 0 Å². The number of anilines is 1. The number of nitrogens with one attached hydrogen (secondary N) is 1. The third kappa shape index (κ3) is 2.91. The minimum Gasteiger partial charge on any atom is -0.454 e. The van der Waals surface area contributed by atoms with Gasteiger partial charge in [0.2, 0.25) is 6.79 Å². The van der Waals surface area contributed by atoms with Crippen molar-refractivity contribution >= 4 is 17.5 Å². The van der Waals surface area contributed by atoms with Crippen molar-refractivity contribution < 1.29 is 19.1 Å². The fraction of sp³-hybridized carbons (Fsp3) is 0.615. The largest absolute Gasteiger partial charge is 0.454 e. The maximum atomic E-state index is 13.6. The number of hydrogen-bond donors (Lipinski definition) is 1. The Kier molecular flexibility index (Phi) is 4.40. The first-order chi connectivity index (χ1) is 15.4. The Labute approximate surface area is 189 Å². The van der Waals surface area contributed by atoms with Crippen LogP contribution in [-0.2, 0) is 4.79 Å². The van der Waals surface area contributed by atoms with E-state index in [-0.39, 0.29) is 24.0 Å². The Morgan fingerprint density at radius 1 is 1.09 bits per heavy atom. The maximum absolute atomic E-state index is 13.6. The molecule has 0 spiro atoms. The number of ether oxygens (including phenoxy) is 2. The van der Waals surface area contributed by atoms with E-state index in [0.29, 0.717) is 53.3 Å². The maximum Gasteiger partial charge on any atom is 0.326 e. The predicted octanol–water partition coefficient (Wildman–Crippen LogP) is 5.35. The van der Waals surface area contributed by atoms with Gasteiger partial charge in [-0.05, 0) is 67.4 Å². The quantitative estimate of drug-likeness (QED) is 0.644. The molecule has 2 saturated carbocycles. The molecule has 0 aromatic heterocycles. The van der Waals surface area contributed by atoms with Crippen LogP contribution in [0.4, 0.5) is 10.5 Å². The Hall–Kier alpha value is -2.50. The molecule has 0 unspecified atom stereocenters. The lowest BCUT2D eigenvalue weighted by molar-refractivity contribution is -0.118. The van der Waals surface area contributed by atoms with Crippen LogP contribution in [0.2, 0.25) is 0 Å². The highest BCUT2D eigenvalue weighted by Gasteiger charge is 2.58. The van der Waals surface area contributed by atoms with E-state index in [1.54, 1.807) is 12.1 Å². The van der Waals surface area contributed by atoms with Gasteiger partial charge < -0.3 is 14.8 Å². The van der Waals surface area contributed by atoms with Gasteiger partial charge in [-0.25, -0.2) is 4.79 Å². The molecule has 1 N–H and O–H groups in total. The van der Waals surface area contributed by atoms with Crippen molar-refractivity contribution in [2.45, 2.75) is 58.8 Å². The second kappa shape index (κ2) is 7.00. The van der Waals surface area contributed by atoms with Crippen LogP contribution >= 0.6 is 0 Å². The van der Waals surface area contributed by atoms with Gasteiger partial charge >= 0.3 is 6.03 Å². The van der Waals surface area contributed by atoms with E-state index >= 15 is 0 Å². The SMILES string of the molecule is C[C@@]12CCC[C@H]1[C@@H]1CN(C(=O)Nc3ccc4c(c3)OCO4)C3=CC(=O)CC[C@]3(C)[C@H]1CC2. The summed E-state index contributed by atoms with van der Waals surface area (Å²) in [6.07, 6.45) is 9.55. The van der Waals surface area contributed by atoms with E-state index < -0.39 is 0 Å². The molecule has 6 nitrogen and oxygen atoms in total. The Balaban J connectivity index is 1.34. The lowest BCUT2D eigenvalue weighted by atomic mass is 9.50. The molecule has 5 atom stereocenters. The van der Waals surface area contributed by atoms with Crippen LogP contribution in [0.25, 0.3) is 0 Å². The molecule has 1 saturated heterocycles. The second-order valence-electron chi connectivity index (χ2n) is 11.0. The van der Waals surface area contributed by atoms with Crippen LogP contribution in [0.3, 0.4) is 0 Å². The first-order valence-electron chi connectivity index (χ1n) is 12.1. The van der Waals surface area contributed by atoms with Crippen molar-refractivity contribution in [1.82, 2.24) is 4.90 Å². The van der Waals surface area contributed by atoms with Crippen LogP contribution in [0, 0.1) is 28.6 Å². The van der Waals surface area contributed by atoms with E-state index in [2.05, 4.69) is 19.2 Å². The van der Waals surface area contributed by atoms with Crippen molar-refractivity contribution in [3.05, 3.63) is 30.0 Å². The van der Waals surface area contributed by atoms with Gasteiger partial charge in [-0.2, -0.15) is 0 Å². The predicted molar refractivity (Wildman–Crippen MR) is 120 cm³/mol.